The van der Waals surface area contributed by atoms with Crippen LogP contribution in [0.5, 0.6) is 0 Å². The number of halogens is 2. The maximum atomic E-state index is 11.8. The molecule has 0 aromatic heterocycles. The molecule has 68 valence electrons. The normalized spacial score (nSPS) is 10.5. The monoisotopic (exact) mass is 164 g/mol. The molecule has 0 aromatic carbocycles. The molecule has 0 atom stereocenters. The summed E-state index contributed by atoms with van der Waals surface area (Å²) in [5, 5.41) is 0. The van der Waals surface area contributed by atoms with Gasteiger partial charge in [-0.1, -0.05) is 19.9 Å². The summed E-state index contributed by atoms with van der Waals surface area (Å²) in [5.74, 6) is 0. The van der Waals surface area contributed by atoms with E-state index in [1.54, 1.807) is 0 Å². The summed E-state index contributed by atoms with van der Waals surface area (Å²) in [6, 6.07) is 0. The molecule has 0 spiro atoms. The first-order valence-electron chi connectivity index (χ1n) is 4.06. The van der Waals surface area contributed by atoms with E-state index in [1.165, 1.54) is 6.92 Å². The third-order valence-electron chi connectivity index (χ3n) is 1.12. The highest BCUT2D eigenvalue weighted by molar-refractivity contribution is 5.00. The predicted molar refractivity (Wildman–Crippen MR) is 46.3 cm³/mol. The van der Waals surface area contributed by atoms with Crippen molar-refractivity contribution in [2.24, 2.45) is 0 Å². The van der Waals surface area contributed by atoms with Gasteiger partial charge in [0.2, 0.25) is 0 Å². The lowest BCUT2D eigenvalue weighted by Gasteiger charge is -1.93. The topological polar surface area (TPSA) is 0 Å². The third kappa shape index (κ3) is 12.7. The Kier molecular flexibility index (Phi) is 14.8. The molecule has 0 nitrogen and oxygen atoms in total. The average molecular weight is 164 g/mol. The Labute approximate surface area is 68.3 Å². The second-order valence-corrected chi connectivity index (χ2v) is 2.03. The molecule has 0 aliphatic rings. The molecule has 2 heteroatoms. The van der Waals surface area contributed by atoms with Crippen LogP contribution < -0.4 is 0 Å². The number of hydrogen-bond donors (Lipinski definition) is 0. The zero-order valence-corrected chi connectivity index (χ0v) is 7.66. The highest BCUT2D eigenvalue weighted by Crippen LogP contribution is 2.01. The molecule has 0 aromatic rings. The molecule has 0 saturated carbocycles. The van der Waals surface area contributed by atoms with Gasteiger partial charge in [-0.15, -0.1) is 0 Å². The van der Waals surface area contributed by atoms with Gasteiger partial charge in [0.15, 0.2) is 0 Å². The van der Waals surface area contributed by atoms with Crippen LogP contribution in [0.2, 0.25) is 0 Å². The van der Waals surface area contributed by atoms with Crippen molar-refractivity contribution in [2.45, 2.75) is 33.6 Å². The van der Waals surface area contributed by atoms with Gasteiger partial charge in [0.05, 0.1) is 6.67 Å². The maximum absolute atomic E-state index is 11.8. The maximum Gasteiger partial charge on any atom is 0.111 e. The fourth-order valence-corrected chi connectivity index (χ4v) is 0.582. The zero-order chi connectivity index (χ0) is 9.11. The highest BCUT2D eigenvalue weighted by atomic mass is 19.1. The smallest absolute Gasteiger partial charge is 0.111 e. The molecule has 0 N–H and O–H groups in total. The average Bonchev–Trinajstić information content (AvgIpc) is 2.02. The van der Waals surface area contributed by atoms with Gasteiger partial charge in [0, 0.05) is 0 Å². The quantitative estimate of drug-likeness (QED) is 0.558. The van der Waals surface area contributed by atoms with E-state index in [2.05, 4.69) is 0 Å². The zero-order valence-electron chi connectivity index (χ0n) is 7.66. The molecule has 0 rings (SSSR count). The number of allylic oxidation sites excluding steroid dienone is 2. The van der Waals surface area contributed by atoms with E-state index in [-0.39, 0.29) is 13.3 Å². The van der Waals surface area contributed by atoms with E-state index in [0.29, 0.717) is 0 Å². The Morgan fingerprint density at radius 1 is 1.18 bits per heavy atom. The summed E-state index contributed by atoms with van der Waals surface area (Å²) >= 11 is 0. The first kappa shape index (κ1) is 13.2. The van der Waals surface area contributed by atoms with Crippen LogP contribution in [0.15, 0.2) is 11.6 Å². The lowest BCUT2D eigenvalue weighted by Crippen LogP contribution is -1.80. The summed E-state index contributed by atoms with van der Waals surface area (Å²) in [6.07, 6.45) is 3.75. The first-order valence-corrected chi connectivity index (χ1v) is 4.06. The van der Waals surface area contributed by atoms with Crippen LogP contribution in [0.4, 0.5) is 8.78 Å². The van der Waals surface area contributed by atoms with Crippen molar-refractivity contribution in [3.63, 3.8) is 0 Å². The predicted octanol–water partition coefficient (Wildman–Crippen LogP) is 3.68. The van der Waals surface area contributed by atoms with E-state index >= 15 is 0 Å². The molecule has 0 heterocycles. The minimum Gasteiger partial charge on any atom is -0.251 e. The SMILES string of the molecule is CC/C=C(/CC)CF.CCF. The third-order valence-corrected chi connectivity index (χ3v) is 1.12. The van der Waals surface area contributed by atoms with Crippen molar-refractivity contribution < 1.29 is 8.78 Å². The minimum absolute atomic E-state index is 0.250. The van der Waals surface area contributed by atoms with E-state index in [4.69, 9.17) is 0 Å². The van der Waals surface area contributed by atoms with Crippen LogP contribution in [0.1, 0.15) is 33.6 Å². The summed E-state index contributed by atoms with van der Waals surface area (Å²) in [6.45, 7) is 4.93. The fourth-order valence-electron chi connectivity index (χ4n) is 0.582. The van der Waals surface area contributed by atoms with E-state index < -0.39 is 0 Å². The molecule has 0 aliphatic carbocycles. The van der Waals surface area contributed by atoms with E-state index in [1.807, 2.05) is 19.9 Å². The largest absolute Gasteiger partial charge is 0.251 e. The Morgan fingerprint density at radius 3 is 1.73 bits per heavy atom. The lowest BCUT2D eigenvalue weighted by atomic mass is 10.2. The fraction of sp³-hybridized carbons (Fsp3) is 0.778. The number of hydrogen-bond acceptors (Lipinski definition) is 0. The molecule has 0 radical (unpaired) electrons. The second kappa shape index (κ2) is 12.3. The number of alkyl halides is 2. The van der Waals surface area contributed by atoms with Crippen molar-refractivity contribution >= 4 is 0 Å². The van der Waals surface area contributed by atoms with Crippen LogP contribution in [0.3, 0.4) is 0 Å². The molecule has 0 amide bonds. The van der Waals surface area contributed by atoms with Gasteiger partial charge in [-0.05, 0) is 25.3 Å². The molecule has 0 bridgehead atoms. The molecule has 0 fully saturated rings. The van der Waals surface area contributed by atoms with Crippen LogP contribution in [0, 0.1) is 0 Å². The highest BCUT2D eigenvalue weighted by Gasteiger charge is 1.87. The molecule has 0 saturated heterocycles. The Bertz CT molecular complexity index is 81.6. The van der Waals surface area contributed by atoms with Crippen LogP contribution in [-0.4, -0.2) is 13.3 Å². The molecular weight excluding hydrogens is 146 g/mol. The van der Waals surface area contributed by atoms with Crippen LogP contribution >= 0.6 is 0 Å². The van der Waals surface area contributed by atoms with Crippen molar-refractivity contribution in [3.05, 3.63) is 11.6 Å². The van der Waals surface area contributed by atoms with Gasteiger partial charge >= 0.3 is 0 Å². The second-order valence-electron chi connectivity index (χ2n) is 2.03. The van der Waals surface area contributed by atoms with Gasteiger partial charge < -0.3 is 0 Å². The summed E-state index contributed by atoms with van der Waals surface area (Å²) in [4.78, 5) is 0. The van der Waals surface area contributed by atoms with Crippen molar-refractivity contribution in [1.29, 1.82) is 0 Å². The van der Waals surface area contributed by atoms with Gasteiger partial charge in [0.25, 0.3) is 0 Å². The Hall–Kier alpha value is -0.400. The van der Waals surface area contributed by atoms with Gasteiger partial charge in [-0.2, -0.15) is 0 Å². The van der Waals surface area contributed by atoms with E-state index in [0.717, 1.165) is 18.4 Å². The van der Waals surface area contributed by atoms with Crippen molar-refractivity contribution in [1.82, 2.24) is 0 Å². The summed E-state index contributed by atoms with van der Waals surface area (Å²) < 4.78 is 22.1. The molecular formula is C9H18F2. The molecule has 0 aliphatic heterocycles. The standard InChI is InChI=1S/C7H13F.C2H5F/c1-3-5-7(4-2)6-8;1-2-3/h5H,3-4,6H2,1-2H3;2H2,1H3/b7-5-;. The van der Waals surface area contributed by atoms with E-state index in [9.17, 15) is 8.78 Å². The van der Waals surface area contributed by atoms with Crippen LogP contribution in [0.25, 0.3) is 0 Å². The first-order chi connectivity index (χ1) is 5.26. The minimum atomic E-state index is -0.273. The Balaban J connectivity index is 0. The van der Waals surface area contributed by atoms with Crippen molar-refractivity contribution in [3.8, 4) is 0 Å². The lowest BCUT2D eigenvalue weighted by molar-refractivity contribution is 0.527. The van der Waals surface area contributed by atoms with Gasteiger partial charge in [-0.3, -0.25) is 4.39 Å². The summed E-state index contributed by atoms with van der Waals surface area (Å²) in [5.41, 5.74) is 0.924. The molecule has 0 unspecified atom stereocenters. The van der Waals surface area contributed by atoms with Gasteiger partial charge in [-0.25, -0.2) is 4.39 Å². The van der Waals surface area contributed by atoms with Crippen molar-refractivity contribution in [2.75, 3.05) is 13.3 Å². The van der Waals surface area contributed by atoms with Gasteiger partial charge in [0.1, 0.15) is 6.67 Å². The Morgan fingerprint density at radius 2 is 1.64 bits per heavy atom. The van der Waals surface area contributed by atoms with Crippen LogP contribution in [-0.2, 0) is 0 Å². The molecule has 11 heavy (non-hydrogen) atoms. The summed E-state index contributed by atoms with van der Waals surface area (Å²) in [7, 11) is 0. The number of rotatable bonds is 3.